The minimum Gasteiger partial charge on any atom is -0.330 e. The maximum absolute atomic E-state index is 5.89. The summed E-state index contributed by atoms with van der Waals surface area (Å²) < 4.78 is 0. The van der Waals surface area contributed by atoms with Gasteiger partial charge in [0.1, 0.15) is 0 Å². The molecule has 0 radical (unpaired) electrons. The Hall–Kier alpha value is -0.680. The summed E-state index contributed by atoms with van der Waals surface area (Å²) in [7, 11) is 0. The fraction of sp³-hybridized carbons (Fsp3) is 0.913. The zero-order valence-electron chi connectivity index (χ0n) is 34.6. The lowest BCUT2D eigenvalue weighted by molar-refractivity contribution is 0.233. The Balaban J connectivity index is 3.88. The second-order valence-electron chi connectivity index (χ2n) is 15.6. The molecule has 0 aliphatic heterocycles. The molecule has 0 bridgehead atoms. The van der Waals surface area contributed by atoms with Crippen molar-refractivity contribution in [2.24, 2.45) is 11.5 Å². The average molecular weight is 703 g/mol. The van der Waals surface area contributed by atoms with E-state index in [1.54, 1.807) is 0 Å². The summed E-state index contributed by atoms with van der Waals surface area (Å²) in [5.74, 6) is 0. The summed E-state index contributed by atoms with van der Waals surface area (Å²) in [6, 6.07) is 0. The molecule has 4 heteroatoms. The van der Waals surface area contributed by atoms with Gasteiger partial charge in [-0.3, -0.25) is 0 Å². The quantitative estimate of drug-likeness (QED) is 0.0490. The van der Waals surface area contributed by atoms with Crippen LogP contribution >= 0.6 is 0 Å². The third kappa shape index (κ3) is 40.1. The molecule has 0 atom stereocenters. The smallest absolute Gasteiger partial charge is 0.000672 e. The number of rotatable bonds is 43. The van der Waals surface area contributed by atoms with E-state index in [1.807, 2.05) is 0 Å². The summed E-state index contributed by atoms with van der Waals surface area (Å²) >= 11 is 0. The van der Waals surface area contributed by atoms with Crippen LogP contribution in [0.3, 0.4) is 0 Å². The summed E-state index contributed by atoms with van der Waals surface area (Å²) in [6.45, 7) is 13.6. The van der Waals surface area contributed by atoms with Gasteiger partial charge in [-0.2, -0.15) is 0 Å². The van der Waals surface area contributed by atoms with E-state index in [9.17, 15) is 0 Å². The van der Waals surface area contributed by atoms with Crippen molar-refractivity contribution in [3.8, 4) is 0 Å². The molecular formula is C46H94N4. The van der Waals surface area contributed by atoms with Crippen molar-refractivity contribution >= 4 is 0 Å². The lowest BCUT2D eigenvalue weighted by Crippen LogP contribution is -2.31. The summed E-state index contributed by atoms with van der Waals surface area (Å²) in [5.41, 5.74) is 11.8. The van der Waals surface area contributed by atoms with Crippen LogP contribution in [0.4, 0.5) is 0 Å². The zero-order valence-corrected chi connectivity index (χ0v) is 34.6. The van der Waals surface area contributed by atoms with Crippen molar-refractivity contribution in [1.82, 2.24) is 9.80 Å². The topological polar surface area (TPSA) is 58.5 Å². The Bertz CT molecular complexity index is 607. The molecule has 0 amide bonds. The fourth-order valence-electron chi connectivity index (χ4n) is 7.14. The molecule has 0 aromatic carbocycles. The molecule has 4 N–H and O–H groups in total. The van der Waals surface area contributed by atoms with Crippen molar-refractivity contribution in [2.75, 3.05) is 52.4 Å². The first kappa shape index (κ1) is 49.3. The molecule has 0 unspecified atom stereocenters. The summed E-state index contributed by atoms with van der Waals surface area (Å²) in [4.78, 5) is 5.41. The van der Waals surface area contributed by atoms with Crippen molar-refractivity contribution < 1.29 is 0 Å². The van der Waals surface area contributed by atoms with Gasteiger partial charge in [-0.1, -0.05) is 154 Å². The van der Waals surface area contributed by atoms with Gasteiger partial charge in [0.2, 0.25) is 0 Å². The number of hydrogen-bond donors (Lipinski definition) is 2. The molecule has 0 aromatic heterocycles. The van der Waals surface area contributed by atoms with Crippen molar-refractivity contribution in [1.29, 1.82) is 0 Å². The van der Waals surface area contributed by atoms with Gasteiger partial charge in [-0.25, -0.2) is 0 Å². The number of unbranched alkanes of at least 4 members (excludes halogenated alkanes) is 25. The third-order valence-electron chi connectivity index (χ3n) is 10.5. The van der Waals surface area contributed by atoms with Crippen LogP contribution in [0, 0.1) is 0 Å². The van der Waals surface area contributed by atoms with Crippen molar-refractivity contribution in [3.05, 3.63) is 24.3 Å². The van der Waals surface area contributed by atoms with E-state index in [4.69, 9.17) is 11.5 Å². The van der Waals surface area contributed by atoms with Gasteiger partial charge in [0.15, 0.2) is 0 Å². The first-order chi connectivity index (χ1) is 24.8. The van der Waals surface area contributed by atoms with Crippen LogP contribution in [0.15, 0.2) is 24.3 Å². The molecule has 0 fully saturated rings. The Kier molecular flexibility index (Phi) is 43.9. The second-order valence-corrected chi connectivity index (χ2v) is 15.6. The minimum atomic E-state index is 0.813. The molecule has 0 aliphatic rings. The molecule has 50 heavy (non-hydrogen) atoms. The number of hydrogen-bond acceptors (Lipinski definition) is 4. The number of nitrogens with two attached hydrogens (primary N) is 2. The van der Waals surface area contributed by atoms with Gasteiger partial charge in [-0.05, 0) is 142 Å². The summed E-state index contributed by atoms with van der Waals surface area (Å²) in [5, 5.41) is 0. The highest BCUT2D eigenvalue weighted by molar-refractivity contribution is 4.82. The second kappa shape index (κ2) is 44.5. The molecule has 0 rings (SSSR count). The standard InChI is InChI=1S/C46H94N4/c1-3-5-7-9-11-13-15-17-19-21-23-25-27-29-31-33-41-49(45-37-39-47)43-35-36-44-50(46-38-40-48)42-34-32-30-28-26-24-22-20-18-16-14-12-10-8-6-4-2/h17-20H,3-16,21-48H2,1-2H3/b19-17-,20-18+. The van der Waals surface area contributed by atoms with Gasteiger partial charge in [-0.15, -0.1) is 0 Å². The molecule has 0 aliphatic carbocycles. The maximum atomic E-state index is 5.89. The molecule has 0 saturated heterocycles. The first-order valence-electron chi connectivity index (χ1n) is 22.9. The van der Waals surface area contributed by atoms with Crippen molar-refractivity contribution in [3.63, 3.8) is 0 Å². The highest BCUT2D eigenvalue weighted by Gasteiger charge is 2.07. The third-order valence-corrected chi connectivity index (χ3v) is 10.5. The van der Waals surface area contributed by atoms with Gasteiger partial charge < -0.3 is 21.3 Å². The van der Waals surface area contributed by atoms with Crippen LogP contribution in [0.25, 0.3) is 0 Å². The monoisotopic (exact) mass is 703 g/mol. The Labute approximate surface area is 316 Å². The predicted octanol–water partition coefficient (Wildman–Crippen LogP) is 13.1. The van der Waals surface area contributed by atoms with Crippen LogP contribution in [0.2, 0.25) is 0 Å². The van der Waals surface area contributed by atoms with Crippen LogP contribution in [-0.2, 0) is 0 Å². The van der Waals surface area contributed by atoms with E-state index in [-0.39, 0.29) is 0 Å². The Morgan fingerprint density at radius 3 is 0.780 bits per heavy atom. The molecule has 0 saturated carbocycles. The van der Waals surface area contributed by atoms with Gasteiger partial charge in [0.25, 0.3) is 0 Å². The van der Waals surface area contributed by atoms with E-state index in [0.717, 1.165) is 25.9 Å². The van der Waals surface area contributed by atoms with Gasteiger partial charge in [0.05, 0.1) is 0 Å². The van der Waals surface area contributed by atoms with E-state index in [1.165, 1.54) is 232 Å². The molecule has 4 nitrogen and oxygen atoms in total. The molecule has 298 valence electrons. The van der Waals surface area contributed by atoms with E-state index in [2.05, 4.69) is 48.0 Å². The van der Waals surface area contributed by atoms with E-state index < -0.39 is 0 Å². The molecule has 0 aromatic rings. The van der Waals surface area contributed by atoms with Crippen LogP contribution < -0.4 is 11.5 Å². The lowest BCUT2D eigenvalue weighted by atomic mass is 10.1. The van der Waals surface area contributed by atoms with Crippen LogP contribution in [-0.4, -0.2) is 62.2 Å². The van der Waals surface area contributed by atoms with Crippen LogP contribution in [0.5, 0.6) is 0 Å². The van der Waals surface area contributed by atoms with E-state index >= 15 is 0 Å². The highest BCUT2D eigenvalue weighted by atomic mass is 15.1. The normalized spacial score (nSPS) is 12.2. The molecular weight excluding hydrogens is 609 g/mol. The average Bonchev–Trinajstić information content (AvgIpc) is 3.13. The number of nitrogens with zero attached hydrogens (tertiary/aromatic N) is 2. The lowest BCUT2D eigenvalue weighted by Gasteiger charge is -2.24. The van der Waals surface area contributed by atoms with Crippen LogP contribution in [0.1, 0.15) is 219 Å². The SMILES string of the molecule is CCCCCCCC/C=C\CCCCCCCCN(CCCN)CCCCN(CCCN)CCCCCCCC/C=C/CCCCCCCC. The Morgan fingerprint density at radius 2 is 0.500 bits per heavy atom. The van der Waals surface area contributed by atoms with Crippen molar-refractivity contribution in [2.45, 2.75) is 219 Å². The largest absolute Gasteiger partial charge is 0.330 e. The highest BCUT2D eigenvalue weighted by Crippen LogP contribution is 2.13. The first-order valence-corrected chi connectivity index (χ1v) is 22.9. The van der Waals surface area contributed by atoms with E-state index in [0.29, 0.717) is 0 Å². The molecule has 0 spiro atoms. The summed E-state index contributed by atoms with van der Waals surface area (Å²) in [6.07, 6.45) is 53.2. The fourth-order valence-corrected chi connectivity index (χ4v) is 7.14. The minimum absolute atomic E-state index is 0.813. The van der Waals surface area contributed by atoms with Gasteiger partial charge >= 0.3 is 0 Å². The van der Waals surface area contributed by atoms with Gasteiger partial charge in [0, 0.05) is 0 Å². The molecule has 0 heterocycles. The zero-order chi connectivity index (χ0) is 36.3. The number of allylic oxidation sites excluding steroid dienone is 4. The Morgan fingerprint density at radius 1 is 0.280 bits per heavy atom. The predicted molar refractivity (Wildman–Crippen MR) is 228 cm³/mol. The maximum Gasteiger partial charge on any atom is -0.000672 e.